The van der Waals surface area contributed by atoms with Crippen LogP contribution in [0.2, 0.25) is 5.02 Å². The van der Waals surface area contributed by atoms with Crippen molar-refractivity contribution < 1.29 is 9.53 Å². The van der Waals surface area contributed by atoms with Crippen LogP contribution in [0.5, 0.6) is 0 Å². The number of rotatable bonds is 5. The van der Waals surface area contributed by atoms with E-state index in [1.54, 1.807) is 18.2 Å². The Balaban J connectivity index is 1.52. The van der Waals surface area contributed by atoms with Crippen molar-refractivity contribution in [3.8, 4) is 0 Å². The summed E-state index contributed by atoms with van der Waals surface area (Å²) in [5.41, 5.74) is 2.85. The highest BCUT2D eigenvalue weighted by molar-refractivity contribution is 6.33. The Morgan fingerprint density at radius 2 is 1.71 bits per heavy atom. The number of benzene rings is 2. The van der Waals surface area contributed by atoms with Crippen LogP contribution in [0.3, 0.4) is 0 Å². The Kier molecular flexibility index (Phi) is 5.86. The Morgan fingerprint density at radius 1 is 1.04 bits per heavy atom. The lowest BCUT2D eigenvalue weighted by Crippen LogP contribution is -2.35. The molecule has 5 heteroatoms. The van der Waals surface area contributed by atoms with Crippen LogP contribution in [-0.4, -0.2) is 37.1 Å². The van der Waals surface area contributed by atoms with Crippen molar-refractivity contribution in [1.82, 2.24) is 10.2 Å². The minimum Gasteiger partial charge on any atom is -0.379 e. The molecular weight excluding hydrogens is 324 g/mol. The lowest BCUT2D eigenvalue weighted by Gasteiger charge is -2.26. The zero-order valence-corrected chi connectivity index (χ0v) is 14.3. The molecule has 2 aromatic carbocycles. The van der Waals surface area contributed by atoms with E-state index < -0.39 is 0 Å². The summed E-state index contributed by atoms with van der Waals surface area (Å²) in [5.74, 6) is -0.155. The molecule has 3 rings (SSSR count). The average molecular weight is 345 g/mol. The molecule has 0 bridgehead atoms. The second kappa shape index (κ2) is 8.29. The molecule has 0 unspecified atom stereocenters. The van der Waals surface area contributed by atoms with E-state index in [1.165, 1.54) is 5.56 Å². The van der Waals surface area contributed by atoms with Gasteiger partial charge in [0, 0.05) is 26.2 Å². The first kappa shape index (κ1) is 17.0. The molecule has 0 atom stereocenters. The van der Waals surface area contributed by atoms with Crippen molar-refractivity contribution in [2.75, 3.05) is 26.3 Å². The summed E-state index contributed by atoms with van der Waals surface area (Å²) in [6.45, 7) is 5.02. The van der Waals surface area contributed by atoms with Gasteiger partial charge in [0.1, 0.15) is 0 Å². The molecule has 1 amide bonds. The van der Waals surface area contributed by atoms with E-state index in [9.17, 15) is 4.79 Å². The SMILES string of the molecule is O=C(NCc1ccc(CN2CCOCC2)cc1)c1ccccc1Cl. The lowest BCUT2D eigenvalue weighted by molar-refractivity contribution is 0.0342. The zero-order chi connectivity index (χ0) is 16.8. The van der Waals surface area contributed by atoms with Gasteiger partial charge in [0.2, 0.25) is 0 Å². The molecule has 1 aliphatic heterocycles. The van der Waals surface area contributed by atoms with Crippen LogP contribution >= 0.6 is 11.6 Å². The van der Waals surface area contributed by atoms with Gasteiger partial charge < -0.3 is 10.1 Å². The predicted molar refractivity (Wildman–Crippen MR) is 95.2 cm³/mol. The van der Waals surface area contributed by atoms with Crippen molar-refractivity contribution >= 4 is 17.5 Å². The molecule has 1 aliphatic rings. The standard InChI is InChI=1S/C19H21ClN2O2/c20-18-4-2-1-3-17(18)19(23)21-13-15-5-7-16(8-6-15)14-22-9-11-24-12-10-22/h1-8H,9-14H2,(H,21,23). The monoisotopic (exact) mass is 344 g/mol. The van der Waals surface area contributed by atoms with Gasteiger partial charge in [-0.05, 0) is 23.3 Å². The molecule has 24 heavy (non-hydrogen) atoms. The average Bonchev–Trinajstić information content (AvgIpc) is 2.62. The molecule has 2 aromatic rings. The van der Waals surface area contributed by atoms with Gasteiger partial charge in [-0.15, -0.1) is 0 Å². The quantitative estimate of drug-likeness (QED) is 0.906. The molecule has 1 saturated heterocycles. The van der Waals surface area contributed by atoms with E-state index in [-0.39, 0.29) is 5.91 Å². The fraction of sp³-hybridized carbons (Fsp3) is 0.316. The van der Waals surface area contributed by atoms with Crippen molar-refractivity contribution in [2.24, 2.45) is 0 Å². The first-order valence-electron chi connectivity index (χ1n) is 8.13. The summed E-state index contributed by atoms with van der Waals surface area (Å²) in [4.78, 5) is 14.5. The van der Waals surface area contributed by atoms with Crippen molar-refractivity contribution in [1.29, 1.82) is 0 Å². The topological polar surface area (TPSA) is 41.6 Å². The summed E-state index contributed by atoms with van der Waals surface area (Å²) < 4.78 is 5.36. The Labute approximate surface area is 147 Å². The minimum atomic E-state index is -0.155. The van der Waals surface area contributed by atoms with Crippen molar-refractivity contribution in [3.63, 3.8) is 0 Å². The van der Waals surface area contributed by atoms with Gasteiger partial charge in [-0.3, -0.25) is 9.69 Å². The summed E-state index contributed by atoms with van der Waals surface area (Å²) in [6.07, 6.45) is 0. The van der Waals surface area contributed by atoms with E-state index in [2.05, 4.69) is 34.5 Å². The lowest BCUT2D eigenvalue weighted by atomic mass is 10.1. The minimum absolute atomic E-state index is 0.155. The van der Waals surface area contributed by atoms with E-state index in [0.717, 1.165) is 38.4 Å². The fourth-order valence-electron chi connectivity index (χ4n) is 2.70. The smallest absolute Gasteiger partial charge is 0.253 e. The summed E-state index contributed by atoms with van der Waals surface area (Å²) in [6, 6.07) is 15.4. The van der Waals surface area contributed by atoms with Crippen LogP contribution in [0.4, 0.5) is 0 Å². The molecule has 1 fully saturated rings. The van der Waals surface area contributed by atoms with E-state index in [4.69, 9.17) is 16.3 Å². The first-order chi connectivity index (χ1) is 11.7. The first-order valence-corrected chi connectivity index (χ1v) is 8.51. The zero-order valence-electron chi connectivity index (χ0n) is 13.5. The van der Waals surface area contributed by atoms with E-state index in [0.29, 0.717) is 17.1 Å². The second-order valence-corrected chi connectivity index (χ2v) is 6.27. The Bertz CT molecular complexity index is 682. The van der Waals surface area contributed by atoms with Gasteiger partial charge in [-0.1, -0.05) is 48.0 Å². The molecular formula is C19H21ClN2O2. The van der Waals surface area contributed by atoms with Crippen LogP contribution in [0.15, 0.2) is 48.5 Å². The maximum absolute atomic E-state index is 12.2. The maximum Gasteiger partial charge on any atom is 0.253 e. The van der Waals surface area contributed by atoms with Gasteiger partial charge in [-0.25, -0.2) is 0 Å². The normalized spacial score (nSPS) is 15.2. The van der Waals surface area contributed by atoms with Gasteiger partial charge in [0.25, 0.3) is 5.91 Å². The highest BCUT2D eigenvalue weighted by Crippen LogP contribution is 2.15. The van der Waals surface area contributed by atoms with Crippen LogP contribution in [-0.2, 0) is 17.8 Å². The molecule has 1 heterocycles. The van der Waals surface area contributed by atoms with Gasteiger partial charge in [0.15, 0.2) is 0 Å². The maximum atomic E-state index is 12.2. The van der Waals surface area contributed by atoms with Gasteiger partial charge in [-0.2, -0.15) is 0 Å². The third-order valence-corrected chi connectivity index (χ3v) is 4.43. The van der Waals surface area contributed by atoms with Crippen LogP contribution in [0.1, 0.15) is 21.5 Å². The Hall–Kier alpha value is -1.88. The highest BCUT2D eigenvalue weighted by atomic mass is 35.5. The third kappa shape index (κ3) is 4.57. The number of hydrogen-bond donors (Lipinski definition) is 1. The highest BCUT2D eigenvalue weighted by Gasteiger charge is 2.11. The number of carbonyl (C=O) groups excluding carboxylic acids is 1. The summed E-state index contributed by atoms with van der Waals surface area (Å²) >= 11 is 6.04. The molecule has 0 radical (unpaired) electrons. The largest absolute Gasteiger partial charge is 0.379 e. The number of nitrogens with zero attached hydrogens (tertiary/aromatic N) is 1. The summed E-state index contributed by atoms with van der Waals surface area (Å²) in [7, 11) is 0. The molecule has 0 spiro atoms. The van der Waals surface area contributed by atoms with Crippen LogP contribution in [0.25, 0.3) is 0 Å². The number of carbonyl (C=O) groups is 1. The van der Waals surface area contributed by atoms with Gasteiger partial charge in [0.05, 0.1) is 23.8 Å². The molecule has 0 aromatic heterocycles. The van der Waals surface area contributed by atoms with E-state index >= 15 is 0 Å². The molecule has 1 N–H and O–H groups in total. The van der Waals surface area contributed by atoms with Crippen molar-refractivity contribution in [2.45, 2.75) is 13.1 Å². The fourth-order valence-corrected chi connectivity index (χ4v) is 2.92. The number of ether oxygens (including phenoxy) is 1. The number of amides is 1. The molecule has 126 valence electrons. The van der Waals surface area contributed by atoms with E-state index in [1.807, 2.05) is 6.07 Å². The number of halogens is 1. The number of hydrogen-bond acceptors (Lipinski definition) is 3. The third-order valence-electron chi connectivity index (χ3n) is 4.10. The predicted octanol–water partition coefficient (Wildman–Crippen LogP) is 3.10. The molecule has 0 aliphatic carbocycles. The van der Waals surface area contributed by atoms with Crippen LogP contribution in [0, 0.1) is 0 Å². The summed E-state index contributed by atoms with van der Waals surface area (Å²) in [5, 5.41) is 3.37. The van der Waals surface area contributed by atoms with Gasteiger partial charge >= 0.3 is 0 Å². The molecule has 0 saturated carbocycles. The van der Waals surface area contributed by atoms with Crippen molar-refractivity contribution in [3.05, 3.63) is 70.2 Å². The Morgan fingerprint density at radius 3 is 2.42 bits per heavy atom. The van der Waals surface area contributed by atoms with Crippen LogP contribution < -0.4 is 5.32 Å². The number of morpholine rings is 1. The molecule has 4 nitrogen and oxygen atoms in total. The number of nitrogens with one attached hydrogen (secondary N) is 1. The second-order valence-electron chi connectivity index (χ2n) is 5.87.